The third-order valence-corrected chi connectivity index (χ3v) is 10.8. The zero-order valence-electron chi connectivity index (χ0n) is 18.4. The normalized spacial score (nSPS) is 37.8. The van der Waals surface area contributed by atoms with Gasteiger partial charge in [-0.05, 0) is 75.2 Å². The van der Waals surface area contributed by atoms with Gasteiger partial charge < -0.3 is 11.1 Å². The molecule has 11 heteroatoms. The molecule has 33 heavy (non-hydrogen) atoms. The summed E-state index contributed by atoms with van der Waals surface area (Å²) >= 11 is 12.5. The fraction of sp³-hybridized carbons (Fsp3) is 0.727. The quantitative estimate of drug-likeness (QED) is 0.583. The van der Waals surface area contributed by atoms with Crippen LogP contribution in [-0.2, 0) is 19.8 Å². The molecule has 8 nitrogen and oxygen atoms in total. The molecule has 6 rings (SSSR count). The van der Waals surface area contributed by atoms with Crippen molar-refractivity contribution in [2.75, 3.05) is 19.6 Å². The van der Waals surface area contributed by atoms with Crippen LogP contribution in [0.15, 0.2) is 21.8 Å². The van der Waals surface area contributed by atoms with Crippen molar-refractivity contribution in [1.29, 1.82) is 0 Å². The van der Waals surface area contributed by atoms with E-state index in [1.807, 2.05) is 0 Å². The van der Waals surface area contributed by atoms with Gasteiger partial charge in [0.05, 0.1) is 12.2 Å². The Labute approximate surface area is 204 Å². The van der Waals surface area contributed by atoms with E-state index in [1.165, 1.54) is 8.61 Å². The average molecular weight is 517 g/mol. The molecule has 0 aromatic carbocycles. The van der Waals surface area contributed by atoms with Crippen molar-refractivity contribution in [3.8, 4) is 0 Å². The number of primary amides is 1. The minimum Gasteiger partial charge on any atom is -0.369 e. The Morgan fingerprint density at radius 1 is 1.12 bits per heavy atom. The first-order chi connectivity index (χ1) is 15.6. The molecule has 5 fully saturated rings. The molecule has 0 spiro atoms. The number of halogens is 2. The van der Waals surface area contributed by atoms with Crippen molar-refractivity contribution < 1.29 is 18.0 Å². The van der Waals surface area contributed by atoms with E-state index in [-0.39, 0.29) is 42.8 Å². The van der Waals surface area contributed by atoms with Crippen LogP contribution in [0.1, 0.15) is 51.4 Å². The lowest BCUT2D eigenvalue weighted by molar-refractivity contribution is -0.147. The molecule has 0 aromatic heterocycles. The van der Waals surface area contributed by atoms with Crippen LogP contribution >= 0.6 is 23.2 Å². The van der Waals surface area contributed by atoms with E-state index >= 15 is 0 Å². The van der Waals surface area contributed by atoms with Crippen molar-refractivity contribution in [3.05, 3.63) is 21.8 Å². The highest BCUT2D eigenvalue weighted by molar-refractivity contribution is 7.87. The summed E-state index contributed by atoms with van der Waals surface area (Å²) in [5.41, 5.74) is 5.73. The summed E-state index contributed by atoms with van der Waals surface area (Å²) in [5.74, 6) is 0.424. The Kier molecular flexibility index (Phi) is 5.99. The van der Waals surface area contributed by atoms with Crippen LogP contribution in [0.25, 0.3) is 0 Å². The summed E-state index contributed by atoms with van der Waals surface area (Å²) in [6, 6.07) is -0.0256. The Morgan fingerprint density at radius 2 is 1.82 bits per heavy atom. The van der Waals surface area contributed by atoms with Gasteiger partial charge in [-0.1, -0.05) is 23.2 Å². The van der Waals surface area contributed by atoms with Crippen LogP contribution in [0.4, 0.5) is 0 Å². The molecule has 1 heterocycles. The Balaban J connectivity index is 1.27. The van der Waals surface area contributed by atoms with Crippen molar-refractivity contribution in [3.63, 3.8) is 0 Å². The molecule has 182 valence electrons. The molecular formula is C22H30Cl2N4O4S. The molecule has 6 aliphatic rings. The third kappa shape index (κ3) is 4.09. The molecule has 3 N–H and O–H groups in total. The molecule has 1 saturated heterocycles. The van der Waals surface area contributed by atoms with Gasteiger partial charge in [-0.15, -0.1) is 0 Å². The summed E-state index contributed by atoms with van der Waals surface area (Å²) in [4.78, 5) is 25.2. The summed E-state index contributed by atoms with van der Waals surface area (Å²) < 4.78 is 29.1. The maximum absolute atomic E-state index is 13.3. The number of nitrogens with one attached hydrogen (secondary N) is 1. The molecule has 0 aromatic rings. The van der Waals surface area contributed by atoms with E-state index in [2.05, 4.69) is 5.32 Å². The van der Waals surface area contributed by atoms with Gasteiger partial charge in [0.2, 0.25) is 11.8 Å². The zero-order valence-corrected chi connectivity index (χ0v) is 20.8. The third-order valence-electron chi connectivity index (χ3n) is 8.24. The Morgan fingerprint density at radius 3 is 2.48 bits per heavy atom. The first kappa shape index (κ1) is 23.5. The zero-order chi connectivity index (χ0) is 23.5. The highest BCUT2D eigenvalue weighted by Crippen LogP contribution is 2.59. The molecule has 4 saturated carbocycles. The fourth-order valence-electron chi connectivity index (χ4n) is 6.98. The number of carbonyl (C=O) groups excluding carboxylic acids is 2. The van der Waals surface area contributed by atoms with Gasteiger partial charge in [0.15, 0.2) is 0 Å². The molecule has 2 unspecified atom stereocenters. The first-order valence-corrected chi connectivity index (χ1v) is 13.9. The highest BCUT2D eigenvalue weighted by atomic mass is 35.5. The van der Waals surface area contributed by atoms with Gasteiger partial charge in [-0.2, -0.15) is 12.7 Å². The molecule has 5 aliphatic carbocycles. The SMILES string of the molecule is NC(=O)C12CC3CC(C1)C(NC(=O)CN1CCCN(C4=C(Cl)CCC(Cl)=C4)S1(=O)=O)C(C3)C2. The molecule has 1 aliphatic heterocycles. The summed E-state index contributed by atoms with van der Waals surface area (Å²) in [6.07, 6.45) is 7.57. The topological polar surface area (TPSA) is 113 Å². The smallest absolute Gasteiger partial charge is 0.304 e. The maximum Gasteiger partial charge on any atom is 0.304 e. The van der Waals surface area contributed by atoms with E-state index in [9.17, 15) is 18.0 Å². The number of carbonyl (C=O) groups is 2. The minimum atomic E-state index is -3.90. The number of nitrogens with two attached hydrogens (primary N) is 1. The van der Waals surface area contributed by atoms with E-state index in [0.29, 0.717) is 47.5 Å². The number of hydrogen-bond donors (Lipinski definition) is 2. The monoisotopic (exact) mass is 516 g/mol. The Hall–Kier alpha value is -1.29. The van der Waals surface area contributed by atoms with E-state index in [4.69, 9.17) is 28.9 Å². The highest BCUT2D eigenvalue weighted by Gasteiger charge is 2.58. The summed E-state index contributed by atoms with van der Waals surface area (Å²) in [5, 5.41) is 4.16. The number of hydrogen-bond acceptors (Lipinski definition) is 4. The summed E-state index contributed by atoms with van der Waals surface area (Å²) in [7, 11) is -3.90. The molecule has 2 atom stereocenters. The van der Waals surface area contributed by atoms with E-state index in [0.717, 1.165) is 32.1 Å². The van der Waals surface area contributed by atoms with Gasteiger partial charge >= 0.3 is 10.2 Å². The molecular weight excluding hydrogens is 487 g/mol. The predicted molar refractivity (Wildman–Crippen MR) is 125 cm³/mol. The van der Waals surface area contributed by atoms with Gasteiger partial charge in [0.1, 0.15) is 0 Å². The van der Waals surface area contributed by atoms with Crippen molar-refractivity contribution >= 4 is 45.2 Å². The van der Waals surface area contributed by atoms with E-state index in [1.54, 1.807) is 6.08 Å². The van der Waals surface area contributed by atoms with Crippen LogP contribution < -0.4 is 11.1 Å². The number of nitrogens with zero attached hydrogens (tertiary/aromatic N) is 2. The molecule has 0 radical (unpaired) electrons. The van der Waals surface area contributed by atoms with E-state index < -0.39 is 15.6 Å². The van der Waals surface area contributed by atoms with Crippen LogP contribution in [0.2, 0.25) is 0 Å². The lowest BCUT2D eigenvalue weighted by Gasteiger charge is -2.58. The first-order valence-electron chi connectivity index (χ1n) is 11.7. The number of amides is 2. The number of rotatable bonds is 5. The summed E-state index contributed by atoms with van der Waals surface area (Å²) in [6.45, 7) is 0.344. The standard InChI is InChI=1S/C22H30Cl2N4O4S/c23-16-2-3-17(24)18(8-16)28-5-1-4-27(33(28,31)32)12-19(29)26-20-14-6-13-7-15(20)11-22(9-13,10-14)21(25)30/h8,13-15,20H,1-7,9-12H2,(H2,25,30)(H,26,29). The second-order valence-electron chi connectivity index (χ2n) is 10.4. The van der Waals surface area contributed by atoms with Crippen LogP contribution in [0, 0.1) is 23.2 Å². The van der Waals surface area contributed by atoms with Crippen LogP contribution in [-0.4, -0.2) is 54.5 Å². The number of allylic oxidation sites excluding steroid dienone is 3. The van der Waals surface area contributed by atoms with Crippen LogP contribution in [0.5, 0.6) is 0 Å². The van der Waals surface area contributed by atoms with Gasteiger partial charge in [-0.3, -0.25) is 13.9 Å². The Bertz CT molecular complexity index is 1030. The second-order valence-corrected chi connectivity index (χ2v) is 13.2. The lowest BCUT2D eigenvalue weighted by Crippen LogP contribution is -2.63. The molecule has 4 bridgehead atoms. The average Bonchev–Trinajstić information content (AvgIpc) is 2.73. The van der Waals surface area contributed by atoms with Gasteiger partial charge in [0, 0.05) is 34.6 Å². The van der Waals surface area contributed by atoms with Crippen LogP contribution in [0.3, 0.4) is 0 Å². The van der Waals surface area contributed by atoms with Gasteiger partial charge in [-0.25, -0.2) is 0 Å². The maximum atomic E-state index is 13.3. The van der Waals surface area contributed by atoms with Crippen molar-refractivity contribution in [1.82, 2.24) is 13.9 Å². The van der Waals surface area contributed by atoms with Gasteiger partial charge in [0.25, 0.3) is 0 Å². The predicted octanol–water partition coefficient (Wildman–Crippen LogP) is 2.40. The molecule has 2 amide bonds. The minimum absolute atomic E-state index is 0.0256. The second kappa shape index (κ2) is 8.43. The largest absolute Gasteiger partial charge is 0.369 e. The lowest BCUT2D eigenvalue weighted by atomic mass is 9.47. The fourth-order valence-corrected chi connectivity index (χ4v) is 9.17. The van der Waals surface area contributed by atoms with Crippen molar-refractivity contribution in [2.45, 2.75) is 57.4 Å². The van der Waals surface area contributed by atoms with Crippen molar-refractivity contribution in [2.24, 2.45) is 28.9 Å².